The van der Waals surface area contributed by atoms with Crippen molar-refractivity contribution in [3.8, 4) is 0 Å². The molecule has 138 valence electrons. The topological polar surface area (TPSA) is 101 Å². The molecule has 0 aliphatic carbocycles. The highest BCUT2D eigenvalue weighted by Gasteiger charge is 2.42. The number of ketones is 1. The van der Waals surface area contributed by atoms with Crippen LogP contribution in [0.3, 0.4) is 0 Å². The Bertz CT molecular complexity index is 919. The van der Waals surface area contributed by atoms with Crippen LogP contribution < -0.4 is 0 Å². The van der Waals surface area contributed by atoms with Crippen molar-refractivity contribution in [2.45, 2.75) is 19.4 Å². The third kappa shape index (κ3) is 3.57. The predicted octanol–water partition coefficient (Wildman–Crippen LogP) is 3.12. The number of rotatable bonds is 6. The van der Waals surface area contributed by atoms with E-state index in [2.05, 4.69) is 0 Å². The van der Waals surface area contributed by atoms with E-state index >= 15 is 0 Å². The molecule has 2 aromatic carbocycles. The molecule has 0 aromatic heterocycles. The van der Waals surface area contributed by atoms with Gasteiger partial charge in [-0.05, 0) is 36.6 Å². The molecule has 1 atom stereocenters. The third-order valence-electron chi connectivity index (χ3n) is 4.59. The lowest BCUT2D eigenvalue weighted by atomic mass is 9.96. The van der Waals surface area contributed by atoms with E-state index < -0.39 is 28.4 Å². The van der Waals surface area contributed by atoms with Gasteiger partial charge in [-0.15, -0.1) is 0 Å². The molecule has 7 nitrogen and oxygen atoms in total. The van der Waals surface area contributed by atoms with Gasteiger partial charge in [0.25, 0.3) is 11.6 Å². The molecular formula is C20H18N2O5. The summed E-state index contributed by atoms with van der Waals surface area (Å²) in [6.07, 6.45) is 0.550. The number of hydrogen-bond acceptors (Lipinski definition) is 5. The lowest BCUT2D eigenvalue weighted by Crippen LogP contribution is -2.32. The molecule has 1 N–H and O–H groups in total. The van der Waals surface area contributed by atoms with Gasteiger partial charge in [0.2, 0.25) is 0 Å². The zero-order valence-electron chi connectivity index (χ0n) is 14.7. The molecule has 0 fully saturated rings. The van der Waals surface area contributed by atoms with Gasteiger partial charge < -0.3 is 10.0 Å². The van der Waals surface area contributed by atoms with E-state index in [1.165, 1.54) is 36.1 Å². The standard InChI is InChI=1S/C20H18N2O5/c1-13(23)17-18(15-7-9-16(10-8-15)22(26)27)21(20(25)19(17)24)12-11-14-5-3-2-4-6-14/h2-10,18,24H,11-12H2,1H3. The number of non-ortho nitro benzene ring substituents is 1. The molecule has 1 aliphatic heterocycles. The smallest absolute Gasteiger partial charge is 0.290 e. The average molecular weight is 366 g/mol. The minimum atomic E-state index is -0.764. The van der Waals surface area contributed by atoms with Crippen molar-refractivity contribution in [2.24, 2.45) is 0 Å². The van der Waals surface area contributed by atoms with Crippen LogP contribution in [0.4, 0.5) is 5.69 Å². The van der Waals surface area contributed by atoms with Gasteiger partial charge in [0, 0.05) is 18.7 Å². The van der Waals surface area contributed by atoms with Crippen LogP contribution in [-0.2, 0) is 16.0 Å². The number of Topliss-reactive ketones (excluding diaryl/α,β-unsaturated/α-hetero) is 1. The Kier molecular flexibility index (Phi) is 5.03. The number of nitrogens with zero attached hydrogens (tertiary/aromatic N) is 2. The summed E-state index contributed by atoms with van der Waals surface area (Å²) in [5.74, 6) is -1.58. The Morgan fingerprint density at radius 3 is 2.33 bits per heavy atom. The number of carbonyl (C=O) groups is 2. The number of aliphatic hydroxyl groups excluding tert-OH is 1. The number of aliphatic hydroxyl groups is 1. The molecule has 3 rings (SSSR count). The van der Waals surface area contributed by atoms with Crippen molar-refractivity contribution in [3.63, 3.8) is 0 Å². The van der Waals surface area contributed by atoms with E-state index in [-0.39, 0.29) is 11.3 Å². The number of nitro groups is 1. The maximum absolute atomic E-state index is 12.6. The second kappa shape index (κ2) is 7.41. The summed E-state index contributed by atoms with van der Waals surface area (Å²) in [5, 5.41) is 21.1. The molecule has 2 aromatic rings. The number of carbonyl (C=O) groups excluding carboxylic acids is 2. The fourth-order valence-electron chi connectivity index (χ4n) is 3.26. The van der Waals surface area contributed by atoms with E-state index in [9.17, 15) is 24.8 Å². The molecule has 0 saturated carbocycles. The molecule has 0 spiro atoms. The normalized spacial score (nSPS) is 16.7. The Morgan fingerprint density at radius 2 is 1.78 bits per heavy atom. The molecule has 7 heteroatoms. The largest absolute Gasteiger partial charge is 0.503 e. The van der Waals surface area contributed by atoms with Crippen LogP contribution in [0.5, 0.6) is 0 Å². The van der Waals surface area contributed by atoms with Gasteiger partial charge in [-0.1, -0.05) is 30.3 Å². The van der Waals surface area contributed by atoms with Crippen molar-refractivity contribution in [1.29, 1.82) is 0 Å². The molecule has 1 aliphatic rings. The van der Waals surface area contributed by atoms with Crippen LogP contribution in [-0.4, -0.2) is 33.2 Å². The third-order valence-corrected chi connectivity index (χ3v) is 4.59. The summed E-state index contributed by atoms with van der Waals surface area (Å²) in [5.41, 5.74) is 1.48. The first-order valence-corrected chi connectivity index (χ1v) is 8.43. The molecular weight excluding hydrogens is 348 g/mol. The Balaban J connectivity index is 1.94. The van der Waals surface area contributed by atoms with Crippen LogP contribution in [0, 0.1) is 10.1 Å². The summed E-state index contributed by atoms with van der Waals surface area (Å²) in [4.78, 5) is 36.4. The van der Waals surface area contributed by atoms with E-state index in [4.69, 9.17) is 0 Å². The van der Waals surface area contributed by atoms with E-state index in [1.807, 2.05) is 30.3 Å². The van der Waals surface area contributed by atoms with Crippen molar-refractivity contribution < 1.29 is 19.6 Å². The summed E-state index contributed by atoms with van der Waals surface area (Å²) >= 11 is 0. The fourth-order valence-corrected chi connectivity index (χ4v) is 3.26. The summed E-state index contributed by atoms with van der Waals surface area (Å²) in [7, 11) is 0. The highest BCUT2D eigenvalue weighted by atomic mass is 16.6. The van der Waals surface area contributed by atoms with E-state index in [0.717, 1.165) is 5.56 Å². The van der Waals surface area contributed by atoms with Gasteiger partial charge in [-0.3, -0.25) is 19.7 Å². The van der Waals surface area contributed by atoms with Gasteiger partial charge in [0.05, 0.1) is 16.5 Å². The van der Waals surface area contributed by atoms with Gasteiger partial charge in [0.1, 0.15) is 0 Å². The average Bonchev–Trinajstić information content (AvgIpc) is 2.92. The second-order valence-electron chi connectivity index (χ2n) is 6.30. The molecule has 0 saturated heterocycles. The molecule has 1 unspecified atom stereocenters. The SMILES string of the molecule is CC(=O)C1=C(O)C(=O)N(CCc2ccccc2)C1c1ccc([N+](=O)[O-])cc1. The first-order chi connectivity index (χ1) is 12.9. The first-order valence-electron chi connectivity index (χ1n) is 8.43. The molecule has 27 heavy (non-hydrogen) atoms. The van der Waals surface area contributed by atoms with Crippen LogP contribution >= 0.6 is 0 Å². The number of hydrogen-bond donors (Lipinski definition) is 1. The lowest BCUT2D eigenvalue weighted by molar-refractivity contribution is -0.384. The van der Waals surface area contributed by atoms with Gasteiger partial charge in [-0.2, -0.15) is 0 Å². The van der Waals surface area contributed by atoms with E-state index in [1.54, 1.807) is 0 Å². The number of amides is 1. The summed E-state index contributed by atoms with van der Waals surface area (Å²) < 4.78 is 0. The highest BCUT2D eigenvalue weighted by Crippen LogP contribution is 2.38. The minimum absolute atomic E-state index is 0.0157. The summed E-state index contributed by atoms with van der Waals surface area (Å²) in [6, 6.07) is 14.4. The van der Waals surface area contributed by atoms with Crippen LogP contribution in [0.2, 0.25) is 0 Å². The van der Waals surface area contributed by atoms with Crippen molar-refractivity contribution in [1.82, 2.24) is 4.90 Å². The van der Waals surface area contributed by atoms with Crippen molar-refractivity contribution in [2.75, 3.05) is 6.54 Å². The summed E-state index contributed by atoms with van der Waals surface area (Å²) in [6.45, 7) is 1.59. The lowest BCUT2D eigenvalue weighted by Gasteiger charge is -2.26. The van der Waals surface area contributed by atoms with Gasteiger partial charge in [-0.25, -0.2) is 0 Å². The Morgan fingerprint density at radius 1 is 1.15 bits per heavy atom. The quantitative estimate of drug-likeness (QED) is 0.625. The molecule has 1 amide bonds. The monoisotopic (exact) mass is 366 g/mol. The fraction of sp³-hybridized carbons (Fsp3) is 0.200. The molecule has 0 bridgehead atoms. The maximum atomic E-state index is 12.6. The van der Waals surface area contributed by atoms with Gasteiger partial charge in [0.15, 0.2) is 11.5 Å². The predicted molar refractivity (Wildman–Crippen MR) is 98.0 cm³/mol. The van der Waals surface area contributed by atoms with Crippen molar-refractivity contribution in [3.05, 3.63) is 87.2 Å². The highest BCUT2D eigenvalue weighted by molar-refractivity contribution is 6.08. The van der Waals surface area contributed by atoms with Crippen LogP contribution in [0.1, 0.15) is 24.1 Å². The zero-order valence-corrected chi connectivity index (χ0v) is 14.7. The van der Waals surface area contributed by atoms with Crippen LogP contribution in [0.25, 0.3) is 0 Å². The zero-order chi connectivity index (χ0) is 19.6. The first kappa shape index (κ1) is 18.3. The van der Waals surface area contributed by atoms with Crippen molar-refractivity contribution >= 4 is 17.4 Å². The molecule has 1 heterocycles. The molecule has 0 radical (unpaired) electrons. The Hall–Kier alpha value is -3.48. The number of benzene rings is 2. The van der Waals surface area contributed by atoms with E-state index in [0.29, 0.717) is 18.5 Å². The second-order valence-corrected chi connectivity index (χ2v) is 6.30. The van der Waals surface area contributed by atoms with Crippen LogP contribution in [0.15, 0.2) is 65.9 Å². The number of nitro benzene ring substituents is 1. The maximum Gasteiger partial charge on any atom is 0.290 e. The minimum Gasteiger partial charge on any atom is -0.503 e. The Labute approximate surface area is 155 Å². The van der Waals surface area contributed by atoms with Gasteiger partial charge >= 0.3 is 0 Å².